The van der Waals surface area contributed by atoms with E-state index in [9.17, 15) is 13.2 Å². The van der Waals surface area contributed by atoms with E-state index in [-0.39, 0.29) is 24.3 Å². The summed E-state index contributed by atoms with van der Waals surface area (Å²) in [5, 5.41) is 8.97. The molecule has 1 rings (SSSR count). The highest BCUT2D eigenvalue weighted by molar-refractivity contribution is 5.49. The Morgan fingerprint density at radius 3 is 2.56 bits per heavy atom. The van der Waals surface area contributed by atoms with Crippen molar-refractivity contribution in [2.45, 2.75) is 19.1 Å². The van der Waals surface area contributed by atoms with Crippen molar-refractivity contribution in [3.05, 3.63) is 11.9 Å². The molecule has 0 amide bonds. The maximum absolute atomic E-state index is 12.6. The van der Waals surface area contributed by atoms with E-state index in [1.807, 2.05) is 0 Å². The van der Waals surface area contributed by atoms with E-state index in [1.54, 1.807) is 6.92 Å². The van der Waals surface area contributed by atoms with Gasteiger partial charge in [-0.1, -0.05) is 0 Å². The topological polar surface area (TPSA) is 87.3 Å². The monoisotopic (exact) mass is 265 g/mol. The van der Waals surface area contributed by atoms with Gasteiger partial charge in [0.15, 0.2) is 0 Å². The second-order valence-corrected chi connectivity index (χ2v) is 3.72. The molecule has 1 aromatic heterocycles. The third-order valence-electron chi connectivity index (χ3n) is 2.40. The molecule has 0 aliphatic rings. The molecule has 0 saturated heterocycles. The van der Waals surface area contributed by atoms with E-state index in [1.165, 1.54) is 18.0 Å². The van der Waals surface area contributed by atoms with Gasteiger partial charge in [-0.3, -0.25) is 0 Å². The van der Waals surface area contributed by atoms with Crippen LogP contribution >= 0.6 is 0 Å². The summed E-state index contributed by atoms with van der Waals surface area (Å²) in [7, 11) is 1.52. The van der Waals surface area contributed by atoms with Crippen LogP contribution in [0.25, 0.3) is 0 Å². The smallest absolute Gasteiger partial charge is 0.394 e. The van der Waals surface area contributed by atoms with Crippen molar-refractivity contribution in [1.29, 1.82) is 0 Å². The number of alkyl halides is 3. The van der Waals surface area contributed by atoms with Crippen LogP contribution in [0.2, 0.25) is 0 Å². The van der Waals surface area contributed by atoms with Crippen molar-refractivity contribution < 1.29 is 18.3 Å². The first-order valence-corrected chi connectivity index (χ1v) is 5.06. The largest absolute Gasteiger partial charge is 0.451 e. The third-order valence-corrected chi connectivity index (χ3v) is 2.40. The Balaban J connectivity index is 3.20. The van der Waals surface area contributed by atoms with Crippen LogP contribution in [0.4, 0.5) is 24.8 Å². The Kier molecular flexibility index (Phi) is 4.30. The second-order valence-electron chi connectivity index (χ2n) is 3.72. The van der Waals surface area contributed by atoms with Crippen LogP contribution in [0, 0.1) is 0 Å². The van der Waals surface area contributed by atoms with E-state index in [0.29, 0.717) is 0 Å². The lowest BCUT2D eigenvalue weighted by atomic mass is 10.3. The molecule has 0 radical (unpaired) electrons. The molecule has 1 unspecified atom stereocenters. The van der Waals surface area contributed by atoms with Gasteiger partial charge in [-0.15, -0.1) is 0 Å². The van der Waals surface area contributed by atoms with Crippen molar-refractivity contribution in [1.82, 2.24) is 9.97 Å². The number of rotatable bonds is 4. The molecule has 1 aromatic rings. The van der Waals surface area contributed by atoms with E-state index in [0.717, 1.165) is 0 Å². The predicted molar refractivity (Wildman–Crippen MR) is 59.8 cm³/mol. The molecule has 1 heterocycles. The molecule has 0 spiro atoms. The van der Waals surface area contributed by atoms with Gasteiger partial charge in [0.1, 0.15) is 11.6 Å². The Bertz CT molecular complexity index is 412. The number of aliphatic hydroxyl groups is 1. The number of nitrogens with one attached hydrogen (secondary N) is 1. The van der Waals surface area contributed by atoms with Gasteiger partial charge in [0, 0.05) is 13.1 Å². The van der Waals surface area contributed by atoms with Crippen molar-refractivity contribution >= 4 is 11.6 Å². The zero-order chi connectivity index (χ0) is 13.9. The minimum absolute atomic E-state index is 0.0202. The normalized spacial score (nSPS) is 13.3. The van der Waals surface area contributed by atoms with E-state index < -0.39 is 12.0 Å². The number of nitrogens with two attached hydrogens (primary N) is 1. The van der Waals surface area contributed by atoms with Crippen molar-refractivity contribution in [3.8, 4) is 0 Å². The van der Waals surface area contributed by atoms with Crippen LogP contribution in [-0.2, 0) is 6.18 Å². The molecule has 6 nitrogen and oxygen atoms in total. The van der Waals surface area contributed by atoms with E-state index in [4.69, 9.17) is 10.9 Å². The van der Waals surface area contributed by atoms with Crippen LogP contribution in [0.3, 0.4) is 0 Å². The highest BCUT2D eigenvalue weighted by atomic mass is 19.4. The van der Waals surface area contributed by atoms with Gasteiger partial charge in [-0.2, -0.15) is 13.2 Å². The van der Waals surface area contributed by atoms with E-state index >= 15 is 0 Å². The summed E-state index contributed by atoms with van der Waals surface area (Å²) in [6.45, 7) is 1.43. The summed E-state index contributed by atoms with van der Waals surface area (Å²) in [6, 6.07) is 0.883. The van der Waals surface area contributed by atoms with Gasteiger partial charge in [-0.25, -0.2) is 15.8 Å². The fourth-order valence-corrected chi connectivity index (χ4v) is 1.16. The zero-order valence-corrected chi connectivity index (χ0v) is 9.86. The van der Waals surface area contributed by atoms with Gasteiger partial charge in [0.2, 0.25) is 5.82 Å². The van der Waals surface area contributed by atoms with Crippen LogP contribution < -0.4 is 16.2 Å². The summed E-state index contributed by atoms with van der Waals surface area (Å²) in [5.74, 6) is 3.65. The second kappa shape index (κ2) is 5.36. The van der Waals surface area contributed by atoms with Crippen molar-refractivity contribution in [2.24, 2.45) is 5.84 Å². The summed E-state index contributed by atoms with van der Waals surface area (Å²) in [5.41, 5.74) is 2.05. The Morgan fingerprint density at radius 2 is 2.11 bits per heavy atom. The molecular weight excluding hydrogens is 251 g/mol. The number of halogens is 3. The maximum atomic E-state index is 12.6. The number of likely N-dealkylation sites (N-methyl/N-ethyl adjacent to an activating group) is 1. The first-order valence-electron chi connectivity index (χ1n) is 5.06. The number of hydrogen-bond donors (Lipinski definition) is 3. The molecule has 0 aliphatic carbocycles. The quantitative estimate of drug-likeness (QED) is 0.546. The van der Waals surface area contributed by atoms with Crippen LogP contribution in [0.5, 0.6) is 0 Å². The first-order chi connectivity index (χ1) is 8.29. The molecule has 0 fully saturated rings. The number of aliphatic hydroxyl groups excluding tert-OH is 1. The van der Waals surface area contributed by atoms with Gasteiger partial charge in [-0.05, 0) is 6.92 Å². The Morgan fingerprint density at radius 1 is 1.50 bits per heavy atom. The SMILES string of the molecule is CC(CO)N(C)c1cc(NN)nc(C(F)(F)F)n1. The average Bonchev–Trinajstić information content (AvgIpc) is 2.35. The average molecular weight is 265 g/mol. The van der Waals surface area contributed by atoms with Crippen LogP contribution in [0.1, 0.15) is 12.7 Å². The molecule has 0 aromatic carbocycles. The molecule has 9 heteroatoms. The fraction of sp³-hybridized carbons (Fsp3) is 0.556. The van der Waals surface area contributed by atoms with Gasteiger partial charge < -0.3 is 15.4 Å². The van der Waals surface area contributed by atoms with Crippen LogP contribution in [-0.4, -0.2) is 34.8 Å². The number of nitrogen functional groups attached to an aromatic ring is 1. The number of nitrogens with zero attached hydrogens (tertiary/aromatic N) is 3. The predicted octanol–water partition coefficient (Wildman–Crippen LogP) is 0.598. The number of anilines is 2. The summed E-state index contributed by atoms with van der Waals surface area (Å²) < 4.78 is 37.7. The minimum Gasteiger partial charge on any atom is -0.394 e. The molecular formula is C9H14F3N5O. The summed E-state index contributed by atoms with van der Waals surface area (Å²) in [6.07, 6.45) is -4.66. The molecule has 1 atom stereocenters. The first kappa shape index (κ1) is 14.5. The Labute approximate surface area is 102 Å². The molecule has 4 N–H and O–H groups in total. The lowest BCUT2D eigenvalue weighted by Gasteiger charge is -2.25. The highest BCUT2D eigenvalue weighted by Crippen LogP contribution is 2.29. The van der Waals surface area contributed by atoms with Crippen LogP contribution in [0.15, 0.2) is 6.07 Å². The fourth-order valence-electron chi connectivity index (χ4n) is 1.16. The lowest BCUT2D eigenvalue weighted by molar-refractivity contribution is -0.144. The van der Waals surface area contributed by atoms with Crippen molar-refractivity contribution in [3.63, 3.8) is 0 Å². The molecule has 102 valence electrons. The highest BCUT2D eigenvalue weighted by Gasteiger charge is 2.35. The third kappa shape index (κ3) is 3.20. The van der Waals surface area contributed by atoms with Gasteiger partial charge in [0.05, 0.1) is 12.6 Å². The maximum Gasteiger partial charge on any atom is 0.451 e. The van der Waals surface area contributed by atoms with Gasteiger partial charge >= 0.3 is 6.18 Å². The molecule has 18 heavy (non-hydrogen) atoms. The molecule has 0 aliphatic heterocycles. The van der Waals surface area contributed by atoms with E-state index in [2.05, 4.69) is 15.4 Å². The minimum atomic E-state index is -4.66. The standard InChI is InChI=1S/C9H14F3N5O/c1-5(4-18)17(2)7-3-6(16-13)14-8(15-7)9(10,11)12/h3,5,18H,4,13H2,1-2H3,(H,14,15,16). The Hall–Kier alpha value is -1.61. The number of hydrogen-bond acceptors (Lipinski definition) is 6. The zero-order valence-electron chi connectivity index (χ0n) is 9.86. The van der Waals surface area contributed by atoms with Gasteiger partial charge in [0.25, 0.3) is 0 Å². The van der Waals surface area contributed by atoms with Crippen molar-refractivity contribution in [2.75, 3.05) is 24.0 Å². The molecule has 0 bridgehead atoms. The summed E-state index contributed by atoms with van der Waals surface area (Å²) in [4.78, 5) is 8.03. The lowest BCUT2D eigenvalue weighted by Crippen LogP contribution is -2.33. The molecule has 0 saturated carbocycles. The number of hydrazine groups is 1. The summed E-state index contributed by atoms with van der Waals surface area (Å²) >= 11 is 0. The number of aromatic nitrogens is 2.